The van der Waals surface area contributed by atoms with Gasteiger partial charge in [0.2, 0.25) is 11.8 Å². The van der Waals surface area contributed by atoms with Gasteiger partial charge in [-0.25, -0.2) is 9.97 Å². The Labute approximate surface area is 136 Å². The molecule has 6 nitrogen and oxygen atoms in total. The van der Waals surface area contributed by atoms with Crippen LogP contribution in [0, 0.1) is 13.8 Å². The molecular weight excluding hydrogens is 290 g/mol. The molecule has 0 aliphatic carbocycles. The molecule has 1 fully saturated rings. The summed E-state index contributed by atoms with van der Waals surface area (Å²) in [5.74, 6) is 2.29. The summed E-state index contributed by atoms with van der Waals surface area (Å²) in [4.78, 5) is 15.7. The molecule has 6 heteroatoms. The number of aromatic nitrogens is 3. The van der Waals surface area contributed by atoms with E-state index in [0.717, 1.165) is 35.7 Å². The highest BCUT2D eigenvalue weighted by atomic mass is 16.5. The number of pyridine rings is 1. The highest BCUT2D eigenvalue weighted by Crippen LogP contribution is 2.22. The Bertz CT molecular complexity index is 683. The van der Waals surface area contributed by atoms with E-state index in [4.69, 9.17) is 4.74 Å². The molecular formula is C17H23N5O. The Morgan fingerprint density at radius 3 is 2.74 bits per heavy atom. The van der Waals surface area contributed by atoms with Gasteiger partial charge in [0.25, 0.3) is 0 Å². The Morgan fingerprint density at radius 2 is 2.00 bits per heavy atom. The van der Waals surface area contributed by atoms with E-state index < -0.39 is 0 Å². The molecule has 0 atom stereocenters. The smallest absolute Gasteiger partial charge is 0.224 e. The van der Waals surface area contributed by atoms with Crippen LogP contribution in [0.5, 0.6) is 5.88 Å². The van der Waals surface area contributed by atoms with Crippen LogP contribution in [0.3, 0.4) is 0 Å². The van der Waals surface area contributed by atoms with Crippen LogP contribution in [0.15, 0.2) is 18.3 Å². The van der Waals surface area contributed by atoms with Crippen molar-refractivity contribution in [2.45, 2.75) is 33.2 Å². The molecule has 1 N–H and O–H groups in total. The van der Waals surface area contributed by atoms with Crippen molar-refractivity contribution in [2.24, 2.45) is 0 Å². The third-order valence-electron chi connectivity index (χ3n) is 4.13. The molecule has 1 saturated heterocycles. The van der Waals surface area contributed by atoms with E-state index in [1.165, 1.54) is 12.8 Å². The number of aryl methyl sites for hydroxylation is 2. The van der Waals surface area contributed by atoms with Crippen molar-refractivity contribution in [2.75, 3.05) is 30.4 Å². The monoisotopic (exact) mass is 313 g/mol. The van der Waals surface area contributed by atoms with E-state index in [9.17, 15) is 0 Å². The molecule has 0 saturated carbocycles. The SMILES string of the molecule is COc1nc(C)cc(C)c1CNc1nccc(N2CCCC2)n1. The Morgan fingerprint density at radius 1 is 1.22 bits per heavy atom. The summed E-state index contributed by atoms with van der Waals surface area (Å²) < 4.78 is 5.40. The van der Waals surface area contributed by atoms with Gasteiger partial charge in [-0.2, -0.15) is 4.98 Å². The van der Waals surface area contributed by atoms with E-state index in [0.29, 0.717) is 18.4 Å². The van der Waals surface area contributed by atoms with Gasteiger partial charge in [-0.3, -0.25) is 0 Å². The van der Waals surface area contributed by atoms with E-state index in [-0.39, 0.29) is 0 Å². The van der Waals surface area contributed by atoms with Crippen LogP contribution in [0.2, 0.25) is 0 Å². The quantitative estimate of drug-likeness (QED) is 0.915. The number of rotatable bonds is 5. The zero-order valence-electron chi connectivity index (χ0n) is 14.0. The lowest BCUT2D eigenvalue weighted by atomic mass is 10.1. The summed E-state index contributed by atoms with van der Waals surface area (Å²) in [6.45, 7) is 6.77. The van der Waals surface area contributed by atoms with E-state index >= 15 is 0 Å². The first-order valence-electron chi connectivity index (χ1n) is 8.00. The molecule has 2 aromatic rings. The highest BCUT2D eigenvalue weighted by Gasteiger charge is 2.14. The van der Waals surface area contributed by atoms with Crippen LogP contribution in [0.25, 0.3) is 0 Å². The fraction of sp³-hybridized carbons (Fsp3) is 0.471. The Kier molecular flexibility index (Phi) is 4.60. The van der Waals surface area contributed by atoms with Crippen molar-refractivity contribution < 1.29 is 4.74 Å². The van der Waals surface area contributed by atoms with Gasteiger partial charge in [-0.1, -0.05) is 0 Å². The van der Waals surface area contributed by atoms with Crippen molar-refractivity contribution in [3.63, 3.8) is 0 Å². The minimum absolute atomic E-state index is 0.589. The molecule has 3 rings (SSSR count). The summed E-state index contributed by atoms with van der Waals surface area (Å²) >= 11 is 0. The third-order valence-corrected chi connectivity index (χ3v) is 4.13. The van der Waals surface area contributed by atoms with Gasteiger partial charge >= 0.3 is 0 Å². The first-order chi connectivity index (χ1) is 11.2. The summed E-state index contributed by atoms with van der Waals surface area (Å²) in [6.07, 6.45) is 4.27. The normalized spacial score (nSPS) is 14.1. The molecule has 0 spiro atoms. The van der Waals surface area contributed by atoms with Crippen molar-refractivity contribution in [1.82, 2.24) is 15.0 Å². The van der Waals surface area contributed by atoms with Gasteiger partial charge in [0.15, 0.2) is 0 Å². The maximum Gasteiger partial charge on any atom is 0.224 e. The lowest BCUT2D eigenvalue weighted by Gasteiger charge is -2.17. The van der Waals surface area contributed by atoms with Gasteiger partial charge in [-0.05, 0) is 44.4 Å². The van der Waals surface area contributed by atoms with Crippen LogP contribution < -0.4 is 15.0 Å². The first kappa shape index (κ1) is 15.5. The fourth-order valence-corrected chi connectivity index (χ4v) is 2.94. The molecule has 2 aromatic heterocycles. The lowest BCUT2D eigenvalue weighted by molar-refractivity contribution is 0.391. The third kappa shape index (κ3) is 3.52. The largest absolute Gasteiger partial charge is 0.481 e. The summed E-state index contributed by atoms with van der Waals surface area (Å²) in [5.41, 5.74) is 3.14. The highest BCUT2D eigenvalue weighted by molar-refractivity contribution is 5.44. The molecule has 122 valence electrons. The molecule has 0 aromatic carbocycles. The van der Waals surface area contributed by atoms with E-state index in [2.05, 4.69) is 38.2 Å². The number of methoxy groups -OCH3 is 1. The summed E-state index contributed by atoms with van der Waals surface area (Å²) in [6, 6.07) is 4.02. The van der Waals surface area contributed by atoms with Gasteiger partial charge in [0.1, 0.15) is 5.82 Å². The topological polar surface area (TPSA) is 63.2 Å². The maximum absolute atomic E-state index is 5.40. The standard InChI is InChI=1S/C17H23N5O/c1-12-10-13(2)20-16(23-3)14(12)11-19-17-18-7-6-15(21-17)22-8-4-5-9-22/h6-7,10H,4-5,8-9,11H2,1-3H3,(H,18,19,21). The molecule has 23 heavy (non-hydrogen) atoms. The molecule has 0 radical (unpaired) electrons. The van der Waals surface area contributed by atoms with Crippen LogP contribution in [-0.2, 0) is 6.54 Å². The number of hydrogen-bond donors (Lipinski definition) is 1. The predicted molar refractivity (Wildman–Crippen MR) is 91.1 cm³/mol. The lowest BCUT2D eigenvalue weighted by Crippen LogP contribution is -2.19. The molecule has 1 aliphatic heterocycles. The molecule has 0 bridgehead atoms. The second-order valence-corrected chi connectivity index (χ2v) is 5.85. The Balaban J connectivity index is 1.75. The molecule has 0 unspecified atom stereocenters. The fourth-order valence-electron chi connectivity index (χ4n) is 2.94. The maximum atomic E-state index is 5.40. The number of hydrogen-bond acceptors (Lipinski definition) is 6. The van der Waals surface area contributed by atoms with Gasteiger partial charge < -0.3 is 15.0 Å². The van der Waals surface area contributed by atoms with Gasteiger partial charge in [0.05, 0.1) is 7.11 Å². The number of ether oxygens (including phenoxy) is 1. The van der Waals surface area contributed by atoms with Gasteiger partial charge in [-0.15, -0.1) is 0 Å². The average Bonchev–Trinajstić information content (AvgIpc) is 3.08. The number of nitrogens with zero attached hydrogens (tertiary/aromatic N) is 4. The first-order valence-corrected chi connectivity index (χ1v) is 8.00. The van der Waals surface area contributed by atoms with E-state index in [1.54, 1.807) is 13.3 Å². The zero-order valence-corrected chi connectivity index (χ0v) is 14.0. The van der Waals surface area contributed by atoms with Crippen molar-refractivity contribution >= 4 is 11.8 Å². The van der Waals surface area contributed by atoms with Crippen LogP contribution in [0.1, 0.15) is 29.7 Å². The van der Waals surface area contributed by atoms with Crippen molar-refractivity contribution in [3.8, 4) is 5.88 Å². The summed E-state index contributed by atoms with van der Waals surface area (Å²) in [5, 5.41) is 3.29. The Hall–Kier alpha value is -2.37. The van der Waals surface area contributed by atoms with Crippen molar-refractivity contribution in [3.05, 3.63) is 35.2 Å². The van der Waals surface area contributed by atoms with Gasteiger partial charge in [0, 0.05) is 37.1 Å². The summed E-state index contributed by atoms with van der Waals surface area (Å²) in [7, 11) is 1.65. The minimum atomic E-state index is 0.589. The second kappa shape index (κ2) is 6.81. The number of anilines is 2. The van der Waals surface area contributed by atoms with Crippen molar-refractivity contribution in [1.29, 1.82) is 0 Å². The zero-order chi connectivity index (χ0) is 16.2. The predicted octanol–water partition coefficient (Wildman–Crippen LogP) is 2.71. The molecule has 1 aliphatic rings. The second-order valence-electron chi connectivity index (χ2n) is 5.85. The van der Waals surface area contributed by atoms with Crippen LogP contribution in [0.4, 0.5) is 11.8 Å². The van der Waals surface area contributed by atoms with Crippen LogP contribution in [-0.4, -0.2) is 35.2 Å². The molecule has 3 heterocycles. The minimum Gasteiger partial charge on any atom is -0.481 e. The number of nitrogens with one attached hydrogen (secondary N) is 1. The molecule has 0 amide bonds. The van der Waals surface area contributed by atoms with Crippen LogP contribution >= 0.6 is 0 Å². The van der Waals surface area contributed by atoms with E-state index in [1.807, 2.05) is 13.0 Å². The average molecular weight is 313 g/mol.